The third-order valence-electron chi connectivity index (χ3n) is 5.54. The van der Waals surface area contributed by atoms with Crippen LogP contribution in [0.25, 0.3) is 0 Å². The fourth-order valence-corrected chi connectivity index (χ4v) is 4.16. The molecule has 2 N–H and O–H groups in total. The quantitative estimate of drug-likeness (QED) is 0.294. The number of halogens is 4. The van der Waals surface area contributed by atoms with Gasteiger partial charge in [0.05, 0.1) is 6.54 Å². The van der Waals surface area contributed by atoms with E-state index >= 15 is 0 Å². The average Bonchev–Trinajstić information content (AvgIpc) is 3.05. The van der Waals surface area contributed by atoms with Gasteiger partial charge in [0, 0.05) is 38.8 Å². The third kappa shape index (κ3) is 9.47. The summed E-state index contributed by atoms with van der Waals surface area (Å²) in [7, 11) is 0. The Balaban J connectivity index is 0.00000392. The summed E-state index contributed by atoms with van der Waals surface area (Å²) in [5.41, 5.74) is 0. The second kappa shape index (κ2) is 13.1. The smallest absolute Gasteiger partial charge is 0.357 e. The van der Waals surface area contributed by atoms with Crippen molar-refractivity contribution in [2.24, 2.45) is 10.9 Å². The first-order valence-electron chi connectivity index (χ1n) is 10.5. The molecule has 0 aromatic carbocycles. The molecule has 0 aromatic rings. The van der Waals surface area contributed by atoms with Crippen molar-refractivity contribution in [1.82, 2.24) is 20.4 Å². The molecule has 9 heteroatoms. The Bertz CT molecular complexity index is 461. The molecular weight excluding hydrogens is 482 g/mol. The fraction of sp³-hybridized carbons (Fsp3) is 0.947. The Labute approximate surface area is 184 Å². The Morgan fingerprint density at radius 3 is 2.57 bits per heavy atom. The number of alkyl halides is 3. The highest BCUT2D eigenvalue weighted by atomic mass is 127. The van der Waals surface area contributed by atoms with Gasteiger partial charge in [-0.3, -0.25) is 14.8 Å². The predicted molar refractivity (Wildman–Crippen MR) is 120 cm³/mol. The lowest BCUT2D eigenvalue weighted by Crippen LogP contribution is -2.46. The molecule has 0 aromatic heterocycles. The van der Waals surface area contributed by atoms with E-state index in [-0.39, 0.29) is 29.9 Å². The first-order chi connectivity index (χ1) is 12.9. The Morgan fingerprint density at radius 1 is 1.11 bits per heavy atom. The maximum Gasteiger partial charge on any atom is 0.401 e. The summed E-state index contributed by atoms with van der Waals surface area (Å²) in [6.07, 6.45) is 1.77. The maximum absolute atomic E-state index is 12.5. The number of aliphatic imine (C=N–C) groups is 1. The van der Waals surface area contributed by atoms with Crippen LogP contribution in [0.5, 0.6) is 0 Å². The van der Waals surface area contributed by atoms with Crippen LogP contribution in [0.15, 0.2) is 4.99 Å². The van der Waals surface area contributed by atoms with Crippen molar-refractivity contribution in [2.45, 2.75) is 58.2 Å². The standard InChI is InChI=1S/C19H36F3N5.HI/c1-3-17-7-5-6-10-27(17)12-9-24-18(23-4-2)25-13-16-8-11-26(14-16)15-19(20,21)22;/h16-17H,3-15H2,1-2H3,(H2,23,24,25);1H. The van der Waals surface area contributed by atoms with E-state index in [9.17, 15) is 13.2 Å². The number of nitrogens with one attached hydrogen (secondary N) is 2. The highest BCUT2D eigenvalue weighted by Gasteiger charge is 2.34. The summed E-state index contributed by atoms with van der Waals surface area (Å²) in [4.78, 5) is 8.67. The van der Waals surface area contributed by atoms with Gasteiger partial charge < -0.3 is 10.6 Å². The van der Waals surface area contributed by atoms with Crippen molar-refractivity contribution >= 4 is 29.9 Å². The van der Waals surface area contributed by atoms with Crippen LogP contribution in [0.3, 0.4) is 0 Å². The van der Waals surface area contributed by atoms with Gasteiger partial charge in [-0.2, -0.15) is 13.2 Å². The number of piperidine rings is 1. The molecule has 28 heavy (non-hydrogen) atoms. The number of likely N-dealkylation sites (tertiary alicyclic amines) is 2. The summed E-state index contributed by atoms with van der Waals surface area (Å²) >= 11 is 0. The van der Waals surface area contributed by atoms with E-state index in [0.29, 0.717) is 25.7 Å². The average molecular weight is 519 g/mol. The molecule has 2 atom stereocenters. The minimum atomic E-state index is -4.11. The Morgan fingerprint density at radius 2 is 1.89 bits per heavy atom. The van der Waals surface area contributed by atoms with Crippen molar-refractivity contribution in [2.75, 3.05) is 52.4 Å². The van der Waals surface area contributed by atoms with Crippen LogP contribution in [-0.2, 0) is 0 Å². The topological polar surface area (TPSA) is 42.9 Å². The van der Waals surface area contributed by atoms with Crippen molar-refractivity contribution in [3.8, 4) is 0 Å². The minimum absolute atomic E-state index is 0. The molecule has 0 amide bonds. The lowest BCUT2D eigenvalue weighted by Gasteiger charge is -2.35. The molecule has 0 radical (unpaired) electrons. The van der Waals surface area contributed by atoms with Gasteiger partial charge >= 0.3 is 6.18 Å². The molecule has 2 aliphatic heterocycles. The predicted octanol–water partition coefficient (Wildman–Crippen LogP) is 3.31. The largest absolute Gasteiger partial charge is 0.401 e. The molecule has 166 valence electrons. The van der Waals surface area contributed by atoms with E-state index in [2.05, 4.69) is 27.4 Å². The molecular formula is C19H37F3IN5. The molecule has 2 unspecified atom stereocenters. The zero-order valence-electron chi connectivity index (χ0n) is 17.2. The molecule has 2 heterocycles. The molecule has 5 nitrogen and oxygen atoms in total. The van der Waals surface area contributed by atoms with E-state index in [4.69, 9.17) is 0 Å². The van der Waals surface area contributed by atoms with E-state index in [1.807, 2.05) is 6.92 Å². The van der Waals surface area contributed by atoms with Crippen LogP contribution in [0.4, 0.5) is 13.2 Å². The van der Waals surface area contributed by atoms with Gasteiger partial charge in [-0.25, -0.2) is 0 Å². The van der Waals surface area contributed by atoms with Crippen LogP contribution < -0.4 is 10.6 Å². The first-order valence-corrected chi connectivity index (χ1v) is 10.5. The van der Waals surface area contributed by atoms with Crippen LogP contribution in [0.2, 0.25) is 0 Å². The maximum atomic E-state index is 12.5. The molecule has 0 spiro atoms. The van der Waals surface area contributed by atoms with Crippen molar-refractivity contribution in [1.29, 1.82) is 0 Å². The highest BCUT2D eigenvalue weighted by Crippen LogP contribution is 2.23. The minimum Gasteiger partial charge on any atom is -0.357 e. The molecule has 0 saturated carbocycles. The molecule has 2 aliphatic rings. The van der Waals surface area contributed by atoms with Gasteiger partial charge in [0.15, 0.2) is 5.96 Å². The number of rotatable bonds is 8. The summed E-state index contributed by atoms with van der Waals surface area (Å²) in [6, 6.07) is 0.693. The zero-order chi connectivity index (χ0) is 19.7. The van der Waals surface area contributed by atoms with Crippen LogP contribution >= 0.6 is 24.0 Å². The normalized spacial score (nSPS) is 24.8. The van der Waals surface area contributed by atoms with Crippen LogP contribution in [0.1, 0.15) is 46.0 Å². The van der Waals surface area contributed by atoms with Crippen molar-refractivity contribution < 1.29 is 13.2 Å². The lowest BCUT2D eigenvalue weighted by atomic mass is 10.0. The second-order valence-corrected chi connectivity index (χ2v) is 7.75. The van der Waals surface area contributed by atoms with E-state index in [0.717, 1.165) is 32.0 Å². The van der Waals surface area contributed by atoms with E-state index in [1.54, 1.807) is 0 Å². The third-order valence-corrected chi connectivity index (χ3v) is 5.54. The fourth-order valence-electron chi connectivity index (χ4n) is 4.16. The molecule has 2 saturated heterocycles. The van der Waals surface area contributed by atoms with E-state index < -0.39 is 12.7 Å². The van der Waals surface area contributed by atoms with Gasteiger partial charge in [0.2, 0.25) is 0 Å². The molecule has 0 aliphatic carbocycles. The summed E-state index contributed by atoms with van der Waals surface area (Å²) < 4.78 is 37.5. The number of hydrogen-bond acceptors (Lipinski definition) is 3. The summed E-state index contributed by atoms with van der Waals surface area (Å²) in [5, 5.41) is 6.64. The van der Waals surface area contributed by atoms with Gasteiger partial charge in [0.25, 0.3) is 0 Å². The SMILES string of the molecule is CCNC(=NCC1CCN(CC(F)(F)F)C1)NCCN1CCCCC1CC.I. The number of hydrogen-bond donors (Lipinski definition) is 2. The zero-order valence-corrected chi connectivity index (χ0v) is 19.6. The lowest BCUT2D eigenvalue weighted by molar-refractivity contribution is -0.143. The van der Waals surface area contributed by atoms with Crippen molar-refractivity contribution in [3.05, 3.63) is 0 Å². The molecule has 0 bridgehead atoms. The van der Waals surface area contributed by atoms with Crippen LogP contribution in [-0.4, -0.2) is 80.3 Å². The van der Waals surface area contributed by atoms with E-state index in [1.165, 1.54) is 37.1 Å². The summed E-state index contributed by atoms with van der Waals surface area (Å²) in [6.45, 7) is 8.83. The Kier molecular flexibility index (Phi) is 12.0. The summed E-state index contributed by atoms with van der Waals surface area (Å²) in [5.74, 6) is 0.978. The van der Waals surface area contributed by atoms with Gasteiger partial charge in [-0.05, 0) is 51.6 Å². The van der Waals surface area contributed by atoms with Gasteiger partial charge in [0.1, 0.15) is 0 Å². The molecule has 2 rings (SSSR count). The van der Waals surface area contributed by atoms with Crippen molar-refractivity contribution in [3.63, 3.8) is 0 Å². The van der Waals surface area contributed by atoms with Crippen LogP contribution in [0, 0.1) is 5.92 Å². The molecule has 2 fully saturated rings. The van der Waals surface area contributed by atoms with Gasteiger partial charge in [-0.1, -0.05) is 13.3 Å². The second-order valence-electron chi connectivity index (χ2n) is 7.75. The highest BCUT2D eigenvalue weighted by molar-refractivity contribution is 14.0. The number of nitrogens with zero attached hydrogens (tertiary/aromatic N) is 3. The Hall–Kier alpha value is -0.290. The first kappa shape index (κ1) is 25.7. The van der Waals surface area contributed by atoms with Gasteiger partial charge in [-0.15, -0.1) is 24.0 Å². The monoisotopic (exact) mass is 519 g/mol. The number of guanidine groups is 1.